The van der Waals surface area contributed by atoms with Gasteiger partial charge in [0.15, 0.2) is 5.58 Å². The molecule has 2 heterocycles. The van der Waals surface area contributed by atoms with E-state index in [9.17, 15) is 5.11 Å². The quantitative estimate of drug-likeness (QED) is 0.788. The summed E-state index contributed by atoms with van der Waals surface area (Å²) in [7, 11) is 0. The van der Waals surface area contributed by atoms with Crippen molar-refractivity contribution >= 4 is 11.0 Å². The number of aromatic nitrogens is 1. The van der Waals surface area contributed by atoms with Crippen molar-refractivity contribution in [1.29, 1.82) is 0 Å². The van der Waals surface area contributed by atoms with Crippen molar-refractivity contribution in [1.82, 2.24) is 4.98 Å². The van der Waals surface area contributed by atoms with E-state index < -0.39 is 5.60 Å². The topological polar surface area (TPSA) is 46.3 Å². The minimum Gasteiger partial charge on any atom is -0.456 e. The van der Waals surface area contributed by atoms with Gasteiger partial charge in [-0.1, -0.05) is 30.3 Å². The lowest BCUT2D eigenvalue weighted by molar-refractivity contribution is 0.0558. The molecule has 0 aliphatic rings. The number of nitrogens with zero attached hydrogens (tertiary/aromatic N) is 1. The average molecular weight is 267 g/mol. The molecule has 3 rings (SSSR count). The monoisotopic (exact) mass is 267 g/mol. The van der Waals surface area contributed by atoms with Crippen LogP contribution in [-0.2, 0) is 12.0 Å². The largest absolute Gasteiger partial charge is 0.456 e. The zero-order valence-corrected chi connectivity index (χ0v) is 11.6. The molecule has 0 fully saturated rings. The average Bonchev–Trinajstić information content (AvgIpc) is 2.85. The van der Waals surface area contributed by atoms with E-state index in [2.05, 4.69) is 17.1 Å². The Morgan fingerprint density at radius 3 is 2.60 bits per heavy atom. The number of fused-ring (bicyclic) bond motifs is 1. The molecule has 1 N–H and O–H groups in total. The Labute approximate surface area is 117 Å². The fraction of sp³-hybridized carbons (Fsp3) is 0.235. The first-order chi connectivity index (χ1) is 9.54. The van der Waals surface area contributed by atoms with E-state index in [4.69, 9.17) is 4.42 Å². The molecular weight excluding hydrogens is 250 g/mol. The lowest BCUT2D eigenvalue weighted by Crippen LogP contribution is -2.13. The van der Waals surface area contributed by atoms with Crippen LogP contribution in [0.25, 0.3) is 11.0 Å². The maximum atomic E-state index is 10.1. The summed E-state index contributed by atoms with van der Waals surface area (Å²) in [5, 5.41) is 11.0. The van der Waals surface area contributed by atoms with Gasteiger partial charge in [0.25, 0.3) is 0 Å². The van der Waals surface area contributed by atoms with Crippen LogP contribution in [-0.4, -0.2) is 10.1 Å². The van der Waals surface area contributed by atoms with Crippen LogP contribution in [0.1, 0.15) is 30.9 Å². The zero-order chi connectivity index (χ0) is 14.2. The smallest absolute Gasteiger partial charge is 0.156 e. The zero-order valence-electron chi connectivity index (χ0n) is 11.6. The molecule has 102 valence electrons. The Kier molecular flexibility index (Phi) is 3.07. The number of rotatable bonds is 3. The Bertz CT molecular complexity index is 724. The normalized spacial score (nSPS) is 11.9. The van der Waals surface area contributed by atoms with E-state index in [0.717, 1.165) is 23.1 Å². The molecule has 1 aromatic carbocycles. The number of furan rings is 1. The van der Waals surface area contributed by atoms with Crippen molar-refractivity contribution in [2.75, 3.05) is 0 Å². The molecule has 0 saturated carbocycles. The van der Waals surface area contributed by atoms with Gasteiger partial charge >= 0.3 is 0 Å². The van der Waals surface area contributed by atoms with Crippen LogP contribution >= 0.6 is 0 Å². The summed E-state index contributed by atoms with van der Waals surface area (Å²) in [6.45, 7) is 3.43. The fourth-order valence-corrected chi connectivity index (χ4v) is 2.24. The van der Waals surface area contributed by atoms with Gasteiger partial charge in [-0.15, -0.1) is 0 Å². The van der Waals surface area contributed by atoms with E-state index in [1.54, 1.807) is 20.0 Å². The highest BCUT2D eigenvalue weighted by Crippen LogP contribution is 2.29. The third kappa shape index (κ3) is 2.45. The number of pyridine rings is 1. The van der Waals surface area contributed by atoms with Crippen molar-refractivity contribution < 1.29 is 9.52 Å². The third-order valence-electron chi connectivity index (χ3n) is 3.32. The van der Waals surface area contributed by atoms with Crippen LogP contribution in [0.3, 0.4) is 0 Å². The molecule has 0 spiro atoms. The number of hydrogen-bond donors (Lipinski definition) is 1. The van der Waals surface area contributed by atoms with Gasteiger partial charge in [0.05, 0.1) is 5.69 Å². The number of aliphatic hydroxyl groups is 1. The van der Waals surface area contributed by atoms with Gasteiger partial charge in [0.2, 0.25) is 0 Å². The lowest BCUT2D eigenvalue weighted by atomic mass is 10.1. The molecule has 2 aromatic heterocycles. The van der Waals surface area contributed by atoms with E-state index in [-0.39, 0.29) is 0 Å². The van der Waals surface area contributed by atoms with Crippen molar-refractivity contribution in [2.24, 2.45) is 0 Å². The summed E-state index contributed by atoms with van der Waals surface area (Å²) >= 11 is 0. The van der Waals surface area contributed by atoms with Crippen LogP contribution in [0.15, 0.2) is 53.1 Å². The van der Waals surface area contributed by atoms with Gasteiger partial charge < -0.3 is 9.52 Å². The molecule has 0 atom stereocenters. The van der Waals surface area contributed by atoms with Crippen LogP contribution in [0, 0.1) is 0 Å². The highest BCUT2D eigenvalue weighted by Gasteiger charge is 2.22. The summed E-state index contributed by atoms with van der Waals surface area (Å²) in [6, 6.07) is 13.9. The second-order valence-corrected chi connectivity index (χ2v) is 5.51. The van der Waals surface area contributed by atoms with Crippen molar-refractivity contribution in [3.05, 3.63) is 65.7 Å². The van der Waals surface area contributed by atoms with Crippen molar-refractivity contribution in [3.8, 4) is 0 Å². The maximum absolute atomic E-state index is 10.1. The second kappa shape index (κ2) is 4.76. The second-order valence-electron chi connectivity index (χ2n) is 5.51. The molecule has 0 unspecified atom stereocenters. The van der Waals surface area contributed by atoms with Gasteiger partial charge in [-0.2, -0.15) is 0 Å². The third-order valence-corrected chi connectivity index (χ3v) is 3.32. The molecular formula is C17H17NO2. The van der Waals surface area contributed by atoms with Gasteiger partial charge in [-0.3, -0.25) is 4.98 Å². The summed E-state index contributed by atoms with van der Waals surface area (Å²) in [5.74, 6) is 0.565. The molecule has 3 heteroatoms. The minimum absolute atomic E-state index is 0.565. The van der Waals surface area contributed by atoms with Gasteiger partial charge in [0, 0.05) is 18.0 Å². The van der Waals surface area contributed by atoms with Gasteiger partial charge in [0.1, 0.15) is 11.4 Å². The molecule has 0 aliphatic heterocycles. The standard InChI is InChI=1S/C17H17NO2/c1-17(2,19)15-11-13-8-9-18-14(16(13)20-15)10-12-6-4-3-5-7-12/h3-9,11,19H,10H2,1-2H3. The van der Waals surface area contributed by atoms with Gasteiger partial charge in [-0.05, 0) is 31.5 Å². The van der Waals surface area contributed by atoms with Crippen LogP contribution in [0.2, 0.25) is 0 Å². The first-order valence-electron chi connectivity index (χ1n) is 6.68. The first kappa shape index (κ1) is 12.9. The van der Waals surface area contributed by atoms with Crippen molar-refractivity contribution in [3.63, 3.8) is 0 Å². The van der Waals surface area contributed by atoms with E-state index >= 15 is 0 Å². The van der Waals surface area contributed by atoms with Gasteiger partial charge in [-0.25, -0.2) is 0 Å². The molecule has 0 amide bonds. The minimum atomic E-state index is -0.983. The van der Waals surface area contributed by atoms with E-state index in [0.29, 0.717) is 5.76 Å². The summed E-state index contributed by atoms with van der Waals surface area (Å²) in [4.78, 5) is 4.42. The predicted octanol–water partition coefficient (Wildman–Crippen LogP) is 3.65. The maximum Gasteiger partial charge on any atom is 0.156 e. The Hall–Kier alpha value is -2.13. The van der Waals surface area contributed by atoms with Crippen LogP contribution in [0.4, 0.5) is 0 Å². The van der Waals surface area contributed by atoms with Crippen LogP contribution in [0.5, 0.6) is 0 Å². The highest BCUT2D eigenvalue weighted by atomic mass is 16.4. The Morgan fingerprint density at radius 1 is 1.15 bits per heavy atom. The van der Waals surface area contributed by atoms with Crippen LogP contribution < -0.4 is 0 Å². The molecule has 3 nitrogen and oxygen atoms in total. The SMILES string of the molecule is CC(C)(O)c1cc2ccnc(Cc3ccccc3)c2o1. The summed E-state index contributed by atoms with van der Waals surface area (Å²) in [5.41, 5.74) is 1.86. The lowest BCUT2D eigenvalue weighted by Gasteiger charge is -2.12. The molecule has 0 saturated heterocycles. The number of benzene rings is 1. The summed E-state index contributed by atoms with van der Waals surface area (Å²) in [6.07, 6.45) is 2.50. The predicted molar refractivity (Wildman–Crippen MR) is 78.5 cm³/mol. The molecule has 3 aromatic rings. The highest BCUT2D eigenvalue weighted by molar-refractivity contribution is 5.80. The Balaban J connectivity index is 2.05. The molecule has 0 bridgehead atoms. The van der Waals surface area contributed by atoms with E-state index in [1.165, 1.54) is 5.56 Å². The molecule has 0 aliphatic carbocycles. The summed E-state index contributed by atoms with van der Waals surface area (Å²) < 4.78 is 5.82. The Morgan fingerprint density at radius 2 is 1.90 bits per heavy atom. The number of hydrogen-bond acceptors (Lipinski definition) is 3. The van der Waals surface area contributed by atoms with E-state index in [1.807, 2.05) is 30.3 Å². The first-order valence-corrected chi connectivity index (χ1v) is 6.68. The van der Waals surface area contributed by atoms with Crippen molar-refractivity contribution in [2.45, 2.75) is 25.9 Å². The molecule has 0 radical (unpaired) electrons. The molecule has 20 heavy (non-hydrogen) atoms. The fourth-order valence-electron chi connectivity index (χ4n) is 2.24.